The highest BCUT2D eigenvalue weighted by atomic mass is 16.5. The number of aryl methyl sites for hydroxylation is 2. The monoisotopic (exact) mass is 360 g/mol. The predicted molar refractivity (Wildman–Crippen MR) is 105 cm³/mol. The fourth-order valence-electron chi connectivity index (χ4n) is 4.07. The third-order valence-electron chi connectivity index (χ3n) is 5.37. The van der Waals surface area contributed by atoms with E-state index in [1.807, 2.05) is 19.2 Å². The standard InChI is InChI=1S/C21H20N4O2/c1-11-8-17(20-23-21(26)25-24-20)14-4-3-5-15(14)19(11)27-13-6-7-18-16(9-13)12(2)10-22-18/h6-10,22H,3-5H2,1-2H3,(H2,23,24,25,26). The van der Waals surface area contributed by atoms with E-state index in [0.717, 1.165) is 47.4 Å². The SMILES string of the molecule is Cc1cc(-c2n[nH]c(=O)[nH]2)c2c(c1Oc1ccc3[nH]cc(C)c3c1)CCC2. The predicted octanol–water partition coefficient (Wildman–Crippen LogP) is 4.14. The Morgan fingerprint density at radius 2 is 1.93 bits per heavy atom. The average molecular weight is 360 g/mol. The molecule has 0 atom stereocenters. The van der Waals surface area contributed by atoms with Crippen molar-refractivity contribution in [3.63, 3.8) is 0 Å². The number of rotatable bonds is 3. The van der Waals surface area contributed by atoms with Crippen LogP contribution in [-0.4, -0.2) is 20.2 Å². The number of benzene rings is 2. The molecule has 2 aromatic heterocycles. The van der Waals surface area contributed by atoms with Gasteiger partial charge in [-0.3, -0.25) is 4.98 Å². The lowest BCUT2D eigenvalue weighted by molar-refractivity contribution is 0.474. The molecule has 0 radical (unpaired) electrons. The molecule has 2 heterocycles. The molecule has 0 saturated heterocycles. The van der Waals surface area contributed by atoms with Crippen molar-refractivity contribution in [2.45, 2.75) is 33.1 Å². The van der Waals surface area contributed by atoms with Crippen molar-refractivity contribution in [2.24, 2.45) is 0 Å². The van der Waals surface area contributed by atoms with Gasteiger partial charge in [0.05, 0.1) is 0 Å². The Kier molecular flexibility index (Phi) is 3.47. The topological polar surface area (TPSA) is 86.6 Å². The summed E-state index contributed by atoms with van der Waals surface area (Å²) >= 11 is 0. The van der Waals surface area contributed by atoms with Crippen LogP contribution in [0.15, 0.2) is 35.3 Å². The largest absolute Gasteiger partial charge is 0.457 e. The molecule has 6 heteroatoms. The van der Waals surface area contributed by atoms with Crippen molar-refractivity contribution in [3.8, 4) is 22.9 Å². The molecular formula is C21H20N4O2. The third-order valence-corrected chi connectivity index (χ3v) is 5.37. The molecule has 136 valence electrons. The van der Waals surface area contributed by atoms with E-state index in [1.165, 1.54) is 22.1 Å². The van der Waals surface area contributed by atoms with Gasteiger partial charge in [-0.25, -0.2) is 9.89 Å². The lowest BCUT2D eigenvalue weighted by Gasteiger charge is -2.16. The number of aromatic nitrogens is 4. The second kappa shape index (κ2) is 5.87. The summed E-state index contributed by atoms with van der Waals surface area (Å²) in [4.78, 5) is 17.5. The van der Waals surface area contributed by atoms with Gasteiger partial charge in [0.15, 0.2) is 5.82 Å². The molecule has 0 unspecified atom stereocenters. The van der Waals surface area contributed by atoms with Crippen LogP contribution >= 0.6 is 0 Å². The molecule has 0 amide bonds. The molecule has 27 heavy (non-hydrogen) atoms. The van der Waals surface area contributed by atoms with Gasteiger partial charge in [-0.2, -0.15) is 5.10 Å². The summed E-state index contributed by atoms with van der Waals surface area (Å²) in [7, 11) is 0. The van der Waals surface area contributed by atoms with Crippen LogP contribution in [0.1, 0.15) is 28.7 Å². The number of hydrogen-bond donors (Lipinski definition) is 3. The van der Waals surface area contributed by atoms with E-state index in [4.69, 9.17) is 4.74 Å². The van der Waals surface area contributed by atoms with E-state index in [1.54, 1.807) is 0 Å². The van der Waals surface area contributed by atoms with Crippen molar-refractivity contribution in [3.05, 3.63) is 63.2 Å². The average Bonchev–Trinajstić information content (AvgIpc) is 3.38. The summed E-state index contributed by atoms with van der Waals surface area (Å²) in [6.45, 7) is 4.13. The van der Waals surface area contributed by atoms with Crippen molar-refractivity contribution < 1.29 is 4.74 Å². The number of H-pyrrole nitrogens is 3. The van der Waals surface area contributed by atoms with E-state index in [9.17, 15) is 4.79 Å². The fraction of sp³-hybridized carbons (Fsp3) is 0.238. The van der Waals surface area contributed by atoms with Crippen LogP contribution in [0.3, 0.4) is 0 Å². The highest BCUT2D eigenvalue weighted by molar-refractivity contribution is 5.84. The number of nitrogens with one attached hydrogen (secondary N) is 3. The normalized spacial score (nSPS) is 13.3. The third kappa shape index (κ3) is 2.56. The van der Waals surface area contributed by atoms with E-state index in [0.29, 0.717) is 5.82 Å². The van der Waals surface area contributed by atoms with Crippen LogP contribution in [0.25, 0.3) is 22.3 Å². The van der Waals surface area contributed by atoms with E-state index in [2.05, 4.69) is 45.3 Å². The molecule has 0 aliphatic heterocycles. The molecule has 6 nitrogen and oxygen atoms in total. The zero-order valence-electron chi connectivity index (χ0n) is 15.3. The summed E-state index contributed by atoms with van der Waals surface area (Å²) < 4.78 is 6.37. The molecule has 1 aliphatic carbocycles. The maximum Gasteiger partial charge on any atom is 0.340 e. The Bertz CT molecular complexity index is 1230. The van der Waals surface area contributed by atoms with Crippen LogP contribution in [0.2, 0.25) is 0 Å². The zero-order valence-corrected chi connectivity index (χ0v) is 15.3. The second-order valence-corrected chi connectivity index (χ2v) is 7.19. The first-order valence-corrected chi connectivity index (χ1v) is 9.16. The van der Waals surface area contributed by atoms with E-state index >= 15 is 0 Å². The highest BCUT2D eigenvalue weighted by Gasteiger charge is 2.24. The van der Waals surface area contributed by atoms with E-state index < -0.39 is 0 Å². The first kappa shape index (κ1) is 15.9. The zero-order chi connectivity index (χ0) is 18.5. The molecular weight excluding hydrogens is 340 g/mol. The van der Waals surface area contributed by atoms with Gasteiger partial charge in [0.1, 0.15) is 11.5 Å². The van der Waals surface area contributed by atoms with Gasteiger partial charge in [0.25, 0.3) is 0 Å². The fourth-order valence-corrected chi connectivity index (χ4v) is 4.07. The Hall–Kier alpha value is -3.28. The van der Waals surface area contributed by atoms with Crippen LogP contribution in [0.5, 0.6) is 11.5 Å². The van der Waals surface area contributed by atoms with Crippen LogP contribution in [0, 0.1) is 13.8 Å². The summed E-state index contributed by atoms with van der Waals surface area (Å²) in [5.41, 5.74) is 6.50. The molecule has 3 N–H and O–H groups in total. The molecule has 5 rings (SSSR count). The maximum absolute atomic E-state index is 11.5. The van der Waals surface area contributed by atoms with Crippen molar-refractivity contribution in [2.75, 3.05) is 0 Å². The van der Waals surface area contributed by atoms with Gasteiger partial charge in [0.2, 0.25) is 0 Å². The smallest absolute Gasteiger partial charge is 0.340 e. The van der Waals surface area contributed by atoms with Gasteiger partial charge in [-0.1, -0.05) is 0 Å². The quantitative estimate of drug-likeness (QED) is 0.513. The van der Waals surface area contributed by atoms with Gasteiger partial charge in [-0.05, 0) is 79.6 Å². The molecule has 2 aromatic carbocycles. The van der Waals surface area contributed by atoms with E-state index in [-0.39, 0.29) is 5.69 Å². The number of ether oxygens (including phenoxy) is 1. The van der Waals surface area contributed by atoms with Crippen LogP contribution in [-0.2, 0) is 12.8 Å². The molecule has 0 spiro atoms. The molecule has 0 fully saturated rings. The molecule has 1 aliphatic rings. The molecule has 0 bridgehead atoms. The Morgan fingerprint density at radius 1 is 1.07 bits per heavy atom. The molecule has 0 saturated carbocycles. The lowest BCUT2D eigenvalue weighted by atomic mass is 9.98. The number of nitrogens with zero attached hydrogens (tertiary/aromatic N) is 1. The Morgan fingerprint density at radius 3 is 2.74 bits per heavy atom. The number of hydrogen-bond acceptors (Lipinski definition) is 3. The summed E-state index contributed by atoms with van der Waals surface area (Å²) in [5.74, 6) is 2.36. The second-order valence-electron chi connectivity index (χ2n) is 7.19. The van der Waals surface area contributed by atoms with Crippen molar-refractivity contribution in [1.29, 1.82) is 0 Å². The first-order chi connectivity index (χ1) is 13.1. The Balaban J connectivity index is 1.61. The van der Waals surface area contributed by atoms with Gasteiger partial charge >= 0.3 is 5.69 Å². The minimum absolute atomic E-state index is 0.287. The van der Waals surface area contributed by atoms with Gasteiger partial charge in [-0.15, -0.1) is 0 Å². The Labute approximate surface area is 155 Å². The summed E-state index contributed by atoms with van der Waals surface area (Å²) in [6.07, 6.45) is 5.02. The first-order valence-electron chi connectivity index (χ1n) is 9.16. The van der Waals surface area contributed by atoms with Crippen molar-refractivity contribution in [1.82, 2.24) is 20.2 Å². The minimum atomic E-state index is -0.287. The molecule has 4 aromatic rings. The summed E-state index contributed by atoms with van der Waals surface area (Å²) in [6, 6.07) is 8.20. The lowest BCUT2D eigenvalue weighted by Crippen LogP contribution is -2.01. The number of aromatic amines is 3. The minimum Gasteiger partial charge on any atom is -0.457 e. The highest BCUT2D eigenvalue weighted by Crippen LogP contribution is 2.41. The van der Waals surface area contributed by atoms with Gasteiger partial charge < -0.3 is 9.72 Å². The summed E-state index contributed by atoms with van der Waals surface area (Å²) in [5, 5.41) is 7.75. The maximum atomic E-state index is 11.5. The van der Waals surface area contributed by atoms with Crippen LogP contribution in [0.4, 0.5) is 0 Å². The number of fused-ring (bicyclic) bond motifs is 2. The van der Waals surface area contributed by atoms with Gasteiger partial charge in [0, 0.05) is 22.7 Å². The van der Waals surface area contributed by atoms with Crippen LogP contribution < -0.4 is 10.4 Å². The van der Waals surface area contributed by atoms with Crippen molar-refractivity contribution >= 4 is 10.9 Å².